The van der Waals surface area contributed by atoms with Crippen molar-refractivity contribution in [2.45, 2.75) is 38.7 Å². The summed E-state index contributed by atoms with van der Waals surface area (Å²) in [4.78, 5) is 12.0. The van der Waals surface area contributed by atoms with E-state index in [1.54, 1.807) is 0 Å². The van der Waals surface area contributed by atoms with E-state index in [-0.39, 0.29) is 12.0 Å². The van der Waals surface area contributed by atoms with Crippen LogP contribution in [-0.4, -0.2) is 23.7 Å². The maximum absolute atomic E-state index is 12.0. The Balaban J connectivity index is 1.85. The SMILES string of the molecule is Cc1ccc(C(=O)NCC2CCC(O)CC2)cc1Br. The summed E-state index contributed by atoms with van der Waals surface area (Å²) in [6.45, 7) is 2.70. The first-order valence-electron chi connectivity index (χ1n) is 6.78. The number of carbonyl (C=O) groups excluding carboxylic acids is 1. The molecule has 0 aromatic heterocycles. The zero-order valence-corrected chi connectivity index (χ0v) is 12.7. The van der Waals surface area contributed by atoms with Gasteiger partial charge in [-0.3, -0.25) is 4.79 Å². The molecule has 2 rings (SSSR count). The van der Waals surface area contributed by atoms with E-state index >= 15 is 0 Å². The van der Waals surface area contributed by atoms with Crippen LogP contribution < -0.4 is 5.32 Å². The van der Waals surface area contributed by atoms with Crippen molar-refractivity contribution in [2.75, 3.05) is 6.54 Å². The maximum Gasteiger partial charge on any atom is 0.251 e. The molecule has 1 aliphatic rings. The molecule has 1 aliphatic carbocycles. The molecule has 2 N–H and O–H groups in total. The number of halogens is 1. The number of nitrogens with one attached hydrogen (secondary N) is 1. The zero-order valence-electron chi connectivity index (χ0n) is 11.2. The molecule has 1 aromatic carbocycles. The summed E-state index contributed by atoms with van der Waals surface area (Å²) in [7, 11) is 0. The van der Waals surface area contributed by atoms with E-state index in [0.717, 1.165) is 35.7 Å². The van der Waals surface area contributed by atoms with Crippen LogP contribution in [0.5, 0.6) is 0 Å². The van der Waals surface area contributed by atoms with Crippen molar-refractivity contribution in [1.29, 1.82) is 0 Å². The second-order valence-corrected chi connectivity index (χ2v) is 6.20. The van der Waals surface area contributed by atoms with Crippen molar-refractivity contribution in [3.63, 3.8) is 0 Å². The summed E-state index contributed by atoms with van der Waals surface area (Å²) in [5, 5.41) is 12.4. The zero-order chi connectivity index (χ0) is 13.8. The molecule has 0 radical (unpaired) electrons. The van der Waals surface area contributed by atoms with Crippen molar-refractivity contribution in [1.82, 2.24) is 5.32 Å². The molecule has 0 unspecified atom stereocenters. The monoisotopic (exact) mass is 325 g/mol. The average Bonchev–Trinajstić information content (AvgIpc) is 2.41. The first kappa shape index (κ1) is 14.5. The first-order chi connectivity index (χ1) is 9.06. The fraction of sp³-hybridized carbons (Fsp3) is 0.533. The molecule has 1 aromatic rings. The summed E-state index contributed by atoms with van der Waals surface area (Å²) in [5.74, 6) is 0.480. The quantitative estimate of drug-likeness (QED) is 0.897. The maximum atomic E-state index is 12.0. The van der Waals surface area contributed by atoms with Crippen LogP contribution in [0, 0.1) is 12.8 Å². The lowest BCUT2D eigenvalue weighted by molar-refractivity contribution is 0.0910. The van der Waals surface area contributed by atoms with E-state index in [4.69, 9.17) is 0 Å². The predicted molar refractivity (Wildman–Crippen MR) is 79.2 cm³/mol. The molecule has 0 spiro atoms. The number of aliphatic hydroxyl groups excluding tert-OH is 1. The molecular weight excluding hydrogens is 306 g/mol. The molecule has 104 valence electrons. The highest BCUT2D eigenvalue weighted by molar-refractivity contribution is 9.10. The number of hydrogen-bond acceptors (Lipinski definition) is 2. The van der Waals surface area contributed by atoms with Gasteiger partial charge in [-0.25, -0.2) is 0 Å². The molecule has 4 heteroatoms. The molecule has 1 fully saturated rings. The van der Waals surface area contributed by atoms with E-state index in [1.165, 1.54) is 0 Å². The van der Waals surface area contributed by atoms with Gasteiger partial charge in [-0.2, -0.15) is 0 Å². The average molecular weight is 326 g/mol. The number of carbonyl (C=O) groups is 1. The molecule has 0 heterocycles. The van der Waals surface area contributed by atoms with Gasteiger partial charge in [-0.1, -0.05) is 22.0 Å². The predicted octanol–water partition coefficient (Wildman–Crippen LogP) is 3.04. The number of amides is 1. The van der Waals surface area contributed by atoms with Gasteiger partial charge >= 0.3 is 0 Å². The van der Waals surface area contributed by atoms with E-state index in [1.807, 2.05) is 25.1 Å². The Kier molecular flexibility index (Phi) is 4.99. The minimum absolute atomic E-state index is 0.0215. The number of hydrogen-bond donors (Lipinski definition) is 2. The van der Waals surface area contributed by atoms with E-state index in [9.17, 15) is 9.90 Å². The third-order valence-corrected chi connectivity index (χ3v) is 4.66. The summed E-state index contributed by atoms with van der Waals surface area (Å²) in [6.07, 6.45) is 3.57. The Morgan fingerprint density at radius 3 is 2.68 bits per heavy atom. The second kappa shape index (κ2) is 6.53. The standard InChI is InChI=1S/C15H20BrNO2/c1-10-2-5-12(8-14(10)16)15(19)17-9-11-3-6-13(18)7-4-11/h2,5,8,11,13,18H,3-4,6-7,9H2,1H3,(H,17,19). The van der Waals surface area contributed by atoms with Crippen LogP contribution >= 0.6 is 15.9 Å². The lowest BCUT2D eigenvalue weighted by Gasteiger charge is -2.25. The number of aliphatic hydroxyl groups is 1. The summed E-state index contributed by atoms with van der Waals surface area (Å²) in [6, 6.07) is 5.64. The number of rotatable bonds is 3. The molecule has 0 atom stereocenters. The highest BCUT2D eigenvalue weighted by atomic mass is 79.9. The first-order valence-corrected chi connectivity index (χ1v) is 7.58. The molecule has 19 heavy (non-hydrogen) atoms. The Hall–Kier alpha value is -0.870. The Bertz CT molecular complexity index is 453. The lowest BCUT2D eigenvalue weighted by atomic mass is 9.87. The van der Waals surface area contributed by atoms with Crippen molar-refractivity contribution in [3.8, 4) is 0 Å². The summed E-state index contributed by atoms with van der Waals surface area (Å²) in [5.41, 5.74) is 1.81. The smallest absolute Gasteiger partial charge is 0.251 e. The van der Waals surface area contributed by atoms with Gasteiger partial charge in [0.2, 0.25) is 0 Å². The molecule has 1 amide bonds. The molecule has 1 saturated carbocycles. The third kappa shape index (κ3) is 4.05. The molecule has 0 saturated heterocycles. The van der Waals surface area contributed by atoms with Crippen LogP contribution in [0.25, 0.3) is 0 Å². The second-order valence-electron chi connectivity index (χ2n) is 5.35. The topological polar surface area (TPSA) is 49.3 Å². The Morgan fingerprint density at radius 2 is 2.05 bits per heavy atom. The van der Waals surface area contributed by atoms with Crippen molar-refractivity contribution >= 4 is 21.8 Å². The van der Waals surface area contributed by atoms with Gasteiger partial charge in [0.1, 0.15) is 0 Å². The van der Waals surface area contributed by atoms with Gasteiger partial charge in [0.05, 0.1) is 6.10 Å². The van der Waals surface area contributed by atoms with Crippen LogP contribution in [0.2, 0.25) is 0 Å². The fourth-order valence-electron chi connectivity index (χ4n) is 2.42. The third-order valence-electron chi connectivity index (χ3n) is 3.80. The van der Waals surface area contributed by atoms with E-state index in [0.29, 0.717) is 18.0 Å². The van der Waals surface area contributed by atoms with Gasteiger partial charge in [-0.15, -0.1) is 0 Å². The van der Waals surface area contributed by atoms with Crippen LogP contribution in [0.3, 0.4) is 0 Å². The van der Waals surface area contributed by atoms with Gasteiger partial charge in [-0.05, 0) is 56.2 Å². The summed E-state index contributed by atoms with van der Waals surface area (Å²) < 4.78 is 0.959. The van der Waals surface area contributed by atoms with Crippen LogP contribution in [0.4, 0.5) is 0 Å². The van der Waals surface area contributed by atoms with Crippen molar-refractivity contribution in [3.05, 3.63) is 33.8 Å². The van der Waals surface area contributed by atoms with E-state index < -0.39 is 0 Å². The molecular formula is C15H20BrNO2. The van der Waals surface area contributed by atoms with Gasteiger partial charge in [0.25, 0.3) is 5.91 Å². The van der Waals surface area contributed by atoms with Crippen molar-refractivity contribution < 1.29 is 9.90 Å². The van der Waals surface area contributed by atoms with Crippen molar-refractivity contribution in [2.24, 2.45) is 5.92 Å². The van der Waals surface area contributed by atoms with E-state index in [2.05, 4.69) is 21.2 Å². The largest absolute Gasteiger partial charge is 0.393 e. The van der Waals surface area contributed by atoms with Gasteiger partial charge < -0.3 is 10.4 Å². The highest BCUT2D eigenvalue weighted by Gasteiger charge is 2.19. The minimum Gasteiger partial charge on any atom is -0.393 e. The van der Waals surface area contributed by atoms with Gasteiger partial charge in [0.15, 0.2) is 0 Å². The molecule has 0 bridgehead atoms. The number of aryl methyl sites for hydroxylation is 1. The van der Waals surface area contributed by atoms with Crippen LogP contribution in [0.1, 0.15) is 41.6 Å². The van der Waals surface area contributed by atoms with Gasteiger partial charge in [0, 0.05) is 16.6 Å². The summed E-state index contributed by atoms with van der Waals surface area (Å²) >= 11 is 3.44. The molecule has 3 nitrogen and oxygen atoms in total. The molecule has 0 aliphatic heterocycles. The van der Waals surface area contributed by atoms with Crippen LogP contribution in [0.15, 0.2) is 22.7 Å². The number of benzene rings is 1. The highest BCUT2D eigenvalue weighted by Crippen LogP contribution is 2.23. The Morgan fingerprint density at radius 1 is 1.37 bits per heavy atom. The Labute approximate surface area is 122 Å². The lowest BCUT2D eigenvalue weighted by Crippen LogP contribution is -2.32. The van der Waals surface area contributed by atoms with Crippen LogP contribution in [-0.2, 0) is 0 Å². The fourth-order valence-corrected chi connectivity index (χ4v) is 2.80. The minimum atomic E-state index is -0.139. The normalized spacial score (nSPS) is 23.1.